The minimum absolute atomic E-state index is 0.113. The summed E-state index contributed by atoms with van der Waals surface area (Å²) >= 11 is 0. The van der Waals surface area contributed by atoms with Crippen molar-refractivity contribution in [2.75, 3.05) is 12.4 Å². The SMILES string of the molecule is COc1ccc2[nH]c(=O)c([C@H]3CC(=O)Nc4cc(O)c(C)cc43)cc2c1. The molecule has 0 aliphatic carbocycles. The monoisotopic (exact) mass is 350 g/mol. The molecule has 4 rings (SSSR count). The highest BCUT2D eigenvalue weighted by molar-refractivity contribution is 5.96. The van der Waals surface area contributed by atoms with Gasteiger partial charge < -0.3 is 20.1 Å². The molecule has 0 unspecified atom stereocenters. The van der Waals surface area contributed by atoms with Crippen molar-refractivity contribution in [3.05, 3.63) is 63.4 Å². The van der Waals surface area contributed by atoms with Crippen molar-refractivity contribution in [3.8, 4) is 11.5 Å². The Labute approximate surface area is 149 Å². The molecule has 0 bridgehead atoms. The van der Waals surface area contributed by atoms with E-state index in [9.17, 15) is 14.7 Å². The number of ether oxygens (including phenoxy) is 1. The number of hydrogen-bond acceptors (Lipinski definition) is 4. The van der Waals surface area contributed by atoms with Crippen LogP contribution >= 0.6 is 0 Å². The van der Waals surface area contributed by atoms with Crippen molar-refractivity contribution >= 4 is 22.5 Å². The second kappa shape index (κ2) is 5.91. The van der Waals surface area contributed by atoms with E-state index in [1.54, 1.807) is 26.2 Å². The smallest absolute Gasteiger partial charge is 0.252 e. The number of carbonyl (C=O) groups excluding carboxylic acids is 1. The number of phenolic OH excluding ortho intramolecular Hbond substituents is 1. The summed E-state index contributed by atoms with van der Waals surface area (Å²) in [5.41, 5.74) is 3.07. The molecule has 6 heteroatoms. The first kappa shape index (κ1) is 16.2. The fraction of sp³-hybridized carbons (Fsp3) is 0.200. The van der Waals surface area contributed by atoms with Crippen molar-refractivity contribution in [2.24, 2.45) is 0 Å². The summed E-state index contributed by atoms with van der Waals surface area (Å²) in [5, 5.41) is 13.5. The number of aromatic nitrogens is 1. The average Bonchev–Trinajstić information content (AvgIpc) is 2.61. The van der Waals surface area contributed by atoms with E-state index in [1.807, 2.05) is 18.2 Å². The van der Waals surface area contributed by atoms with Crippen LogP contribution in [-0.2, 0) is 4.79 Å². The molecule has 0 spiro atoms. The Morgan fingerprint density at radius 2 is 1.92 bits per heavy atom. The van der Waals surface area contributed by atoms with E-state index in [0.717, 1.165) is 10.9 Å². The predicted octanol–water partition coefficient (Wildman–Crippen LogP) is 3.02. The Bertz CT molecular complexity index is 1100. The number of aromatic amines is 1. The number of pyridine rings is 1. The molecule has 3 aromatic rings. The molecule has 0 saturated carbocycles. The molecule has 0 saturated heterocycles. The first-order valence-corrected chi connectivity index (χ1v) is 8.30. The number of methoxy groups -OCH3 is 1. The van der Waals surface area contributed by atoms with Gasteiger partial charge in [-0.2, -0.15) is 0 Å². The number of aromatic hydroxyl groups is 1. The van der Waals surface area contributed by atoms with Crippen LogP contribution in [0.25, 0.3) is 10.9 Å². The molecule has 132 valence electrons. The van der Waals surface area contributed by atoms with Crippen LogP contribution in [0.2, 0.25) is 0 Å². The third-order valence-corrected chi connectivity index (χ3v) is 4.86. The lowest BCUT2D eigenvalue weighted by Gasteiger charge is -2.26. The number of benzene rings is 2. The minimum atomic E-state index is -0.377. The van der Waals surface area contributed by atoms with E-state index in [-0.39, 0.29) is 29.6 Å². The van der Waals surface area contributed by atoms with Crippen molar-refractivity contribution in [3.63, 3.8) is 0 Å². The molecule has 3 N–H and O–H groups in total. The molecular weight excluding hydrogens is 332 g/mol. The molecule has 26 heavy (non-hydrogen) atoms. The Morgan fingerprint density at radius 3 is 2.69 bits per heavy atom. The summed E-state index contributed by atoms with van der Waals surface area (Å²) in [4.78, 5) is 27.7. The predicted molar refractivity (Wildman–Crippen MR) is 99.1 cm³/mol. The number of carbonyl (C=O) groups is 1. The van der Waals surface area contributed by atoms with Gasteiger partial charge in [0.2, 0.25) is 5.91 Å². The van der Waals surface area contributed by atoms with Gasteiger partial charge in [-0.05, 0) is 48.4 Å². The third kappa shape index (κ3) is 2.60. The number of amides is 1. The fourth-order valence-electron chi connectivity index (χ4n) is 3.48. The van der Waals surface area contributed by atoms with Crippen molar-refractivity contribution < 1.29 is 14.6 Å². The Balaban J connectivity index is 1.92. The van der Waals surface area contributed by atoms with Gasteiger partial charge in [0.15, 0.2) is 0 Å². The minimum Gasteiger partial charge on any atom is -0.508 e. The fourth-order valence-corrected chi connectivity index (χ4v) is 3.48. The van der Waals surface area contributed by atoms with Crippen molar-refractivity contribution in [1.82, 2.24) is 4.98 Å². The summed E-state index contributed by atoms with van der Waals surface area (Å²) in [5.74, 6) is 0.244. The number of phenols is 1. The topological polar surface area (TPSA) is 91.4 Å². The number of rotatable bonds is 2. The largest absolute Gasteiger partial charge is 0.508 e. The summed E-state index contributed by atoms with van der Waals surface area (Å²) in [6, 6.07) is 10.6. The number of aryl methyl sites for hydroxylation is 1. The van der Waals surface area contributed by atoms with Crippen molar-refractivity contribution in [2.45, 2.75) is 19.3 Å². The van der Waals surface area contributed by atoms with E-state index in [0.29, 0.717) is 28.1 Å². The van der Waals surface area contributed by atoms with Crippen molar-refractivity contribution in [1.29, 1.82) is 0 Å². The van der Waals surface area contributed by atoms with Gasteiger partial charge in [-0.1, -0.05) is 0 Å². The summed E-state index contributed by atoms with van der Waals surface area (Å²) < 4.78 is 5.26. The lowest BCUT2D eigenvalue weighted by Crippen LogP contribution is -2.27. The van der Waals surface area contributed by atoms with Crippen LogP contribution in [0.4, 0.5) is 5.69 Å². The van der Waals surface area contributed by atoms with E-state index in [1.165, 1.54) is 6.07 Å². The highest BCUT2D eigenvalue weighted by Crippen LogP contribution is 2.39. The van der Waals surface area contributed by atoms with E-state index in [4.69, 9.17) is 4.74 Å². The third-order valence-electron chi connectivity index (χ3n) is 4.86. The number of fused-ring (bicyclic) bond motifs is 2. The van der Waals surface area contributed by atoms with Gasteiger partial charge >= 0.3 is 0 Å². The molecule has 1 aromatic heterocycles. The van der Waals surface area contributed by atoms with E-state index < -0.39 is 0 Å². The van der Waals surface area contributed by atoms with Crippen LogP contribution in [0.5, 0.6) is 11.5 Å². The number of H-pyrrole nitrogens is 1. The highest BCUT2D eigenvalue weighted by atomic mass is 16.5. The maximum absolute atomic E-state index is 12.7. The van der Waals surface area contributed by atoms with Crippen LogP contribution in [0.1, 0.15) is 29.0 Å². The number of anilines is 1. The average molecular weight is 350 g/mol. The highest BCUT2D eigenvalue weighted by Gasteiger charge is 2.29. The maximum atomic E-state index is 12.7. The number of hydrogen-bond donors (Lipinski definition) is 3. The summed E-state index contributed by atoms with van der Waals surface area (Å²) in [7, 11) is 1.59. The molecule has 1 amide bonds. The second-order valence-electron chi connectivity index (χ2n) is 6.54. The first-order valence-electron chi connectivity index (χ1n) is 8.30. The maximum Gasteiger partial charge on any atom is 0.252 e. The van der Waals surface area contributed by atoms with Gasteiger partial charge in [-0.15, -0.1) is 0 Å². The van der Waals surface area contributed by atoms with Gasteiger partial charge in [-0.25, -0.2) is 0 Å². The molecule has 1 aliphatic heterocycles. The molecule has 6 nitrogen and oxygen atoms in total. The zero-order valence-electron chi connectivity index (χ0n) is 14.4. The standard InChI is InChI=1S/C20H18N2O4/c1-10-5-14-13(8-19(24)21-17(14)9-18(10)23)15-7-11-6-12(26-2)3-4-16(11)22-20(15)25/h3-7,9,13,23H,8H2,1-2H3,(H,21,24)(H,22,25)/t13-/m0/s1. The van der Waals surface area contributed by atoms with Gasteiger partial charge in [0, 0.05) is 40.6 Å². The first-order chi connectivity index (χ1) is 12.5. The van der Waals surface area contributed by atoms with E-state index in [2.05, 4.69) is 10.3 Å². The zero-order chi connectivity index (χ0) is 18.4. The lowest BCUT2D eigenvalue weighted by atomic mass is 9.84. The van der Waals surface area contributed by atoms with Crippen LogP contribution in [0, 0.1) is 6.92 Å². The van der Waals surface area contributed by atoms with Crippen LogP contribution < -0.4 is 15.6 Å². The molecule has 0 fully saturated rings. The van der Waals surface area contributed by atoms with Gasteiger partial charge in [0.25, 0.3) is 5.56 Å². The Kier molecular flexibility index (Phi) is 3.68. The molecule has 2 heterocycles. The van der Waals surface area contributed by atoms with Crippen LogP contribution in [-0.4, -0.2) is 23.1 Å². The lowest BCUT2D eigenvalue weighted by molar-refractivity contribution is -0.116. The summed E-state index contributed by atoms with van der Waals surface area (Å²) in [6.07, 6.45) is 0.176. The van der Waals surface area contributed by atoms with Crippen LogP contribution in [0.15, 0.2) is 41.2 Å². The molecule has 1 aliphatic rings. The zero-order valence-corrected chi connectivity index (χ0v) is 14.4. The Morgan fingerprint density at radius 1 is 1.12 bits per heavy atom. The second-order valence-corrected chi connectivity index (χ2v) is 6.54. The molecule has 1 atom stereocenters. The quantitative estimate of drug-likeness (QED) is 0.662. The van der Waals surface area contributed by atoms with Gasteiger partial charge in [-0.3, -0.25) is 9.59 Å². The molecule has 0 radical (unpaired) electrons. The number of nitrogens with one attached hydrogen (secondary N) is 2. The molecular formula is C20H18N2O4. The van der Waals surface area contributed by atoms with E-state index >= 15 is 0 Å². The normalized spacial score (nSPS) is 16.2. The summed E-state index contributed by atoms with van der Waals surface area (Å²) in [6.45, 7) is 1.79. The van der Waals surface area contributed by atoms with Crippen LogP contribution in [0.3, 0.4) is 0 Å². The molecule has 2 aromatic carbocycles. The van der Waals surface area contributed by atoms with Gasteiger partial charge in [0.05, 0.1) is 7.11 Å². The Hall–Kier alpha value is -3.28. The van der Waals surface area contributed by atoms with Gasteiger partial charge in [0.1, 0.15) is 11.5 Å².